The number of carbonyl (C=O) groups excluding carboxylic acids is 1. The molecule has 108 valence electrons. The van der Waals surface area contributed by atoms with Gasteiger partial charge in [-0.2, -0.15) is 0 Å². The van der Waals surface area contributed by atoms with Gasteiger partial charge in [0, 0.05) is 0 Å². The highest BCUT2D eigenvalue weighted by atomic mass is 16.1. The summed E-state index contributed by atoms with van der Waals surface area (Å²) >= 11 is 0. The molecule has 0 spiro atoms. The molecule has 0 aliphatic heterocycles. The van der Waals surface area contributed by atoms with Gasteiger partial charge in [-0.3, -0.25) is 9.20 Å². The van der Waals surface area contributed by atoms with E-state index in [4.69, 9.17) is 0 Å². The predicted molar refractivity (Wildman–Crippen MR) is 86.4 cm³/mol. The molecule has 0 aliphatic rings. The molecule has 4 nitrogen and oxygen atoms in total. The van der Waals surface area contributed by atoms with E-state index in [1.165, 1.54) is 5.56 Å². The summed E-state index contributed by atoms with van der Waals surface area (Å²) in [5, 5.41) is 0. The summed E-state index contributed by atoms with van der Waals surface area (Å²) in [6.07, 6.45) is 0.884. The zero-order valence-electron chi connectivity index (χ0n) is 12.2. The number of nitrogens with zero attached hydrogens (tertiary/aromatic N) is 3. The Hall–Kier alpha value is -2.88. The number of imidazole rings is 2. The minimum Gasteiger partial charge on any atom is -0.305 e. The summed E-state index contributed by atoms with van der Waals surface area (Å²) in [5.74, 6) is 0.810. The second kappa shape index (κ2) is 4.84. The summed E-state index contributed by atoms with van der Waals surface area (Å²) in [6, 6.07) is 18.4. The Balaban J connectivity index is 2.05. The smallest absolute Gasteiger partial charge is 0.216 e. The fourth-order valence-electron chi connectivity index (χ4n) is 2.99. The third-order valence-electron chi connectivity index (χ3n) is 4.03. The van der Waals surface area contributed by atoms with E-state index >= 15 is 0 Å². The topological polar surface area (TPSA) is 39.3 Å². The van der Waals surface area contributed by atoms with E-state index < -0.39 is 0 Å². The van der Waals surface area contributed by atoms with Crippen LogP contribution in [0.2, 0.25) is 0 Å². The number of para-hydroxylation sites is 2. The number of hydrogen-bond acceptors (Lipinski definition) is 2. The van der Waals surface area contributed by atoms with Crippen LogP contribution in [0.5, 0.6) is 0 Å². The van der Waals surface area contributed by atoms with E-state index in [1.54, 1.807) is 0 Å². The average molecular weight is 289 g/mol. The van der Waals surface area contributed by atoms with Gasteiger partial charge in [-0.1, -0.05) is 42.5 Å². The van der Waals surface area contributed by atoms with Gasteiger partial charge in [-0.25, -0.2) is 4.98 Å². The lowest BCUT2D eigenvalue weighted by Gasteiger charge is -2.05. The number of aldehydes is 1. The van der Waals surface area contributed by atoms with Crippen molar-refractivity contribution in [2.75, 3.05) is 0 Å². The average Bonchev–Trinajstić information content (AvgIpc) is 3.03. The second-order valence-corrected chi connectivity index (χ2v) is 5.40. The molecule has 0 saturated carbocycles. The lowest BCUT2D eigenvalue weighted by Crippen LogP contribution is -2.00. The molecule has 4 rings (SSSR count). The lowest BCUT2D eigenvalue weighted by molar-refractivity contribution is 0.111. The van der Waals surface area contributed by atoms with Crippen molar-refractivity contribution in [3.8, 4) is 0 Å². The van der Waals surface area contributed by atoms with Crippen molar-refractivity contribution in [2.24, 2.45) is 0 Å². The molecule has 0 fully saturated rings. The monoisotopic (exact) mass is 289 g/mol. The van der Waals surface area contributed by atoms with Gasteiger partial charge >= 0.3 is 0 Å². The highest BCUT2D eigenvalue weighted by molar-refractivity contribution is 5.86. The van der Waals surface area contributed by atoms with E-state index in [2.05, 4.69) is 27.8 Å². The Kier molecular flexibility index (Phi) is 2.82. The summed E-state index contributed by atoms with van der Waals surface area (Å²) in [7, 11) is 0. The SMILES string of the molecule is Cc1nc2n(Cc3ccccc3)c3ccccc3n2c1C=O. The fraction of sp³-hybridized carbons (Fsp3) is 0.111. The first-order chi connectivity index (χ1) is 10.8. The Morgan fingerprint density at radius 2 is 1.68 bits per heavy atom. The second-order valence-electron chi connectivity index (χ2n) is 5.40. The van der Waals surface area contributed by atoms with Gasteiger partial charge in [0.25, 0.3) is 0 Å². The summed E-state index contributed by atoms with van der Waals surface area (Å²) in [6.45, 7) is 2.60. The van der Waals surface area contributed by atoms with Gasteiger partial charge in [-0.15, -0.1) is 0 Å². The van der Waals surface area contributed by atoms with Crippen LogP contribution in [-0.2, 0) is 6.54 Å². The van der Waals surface area contributed by atoms with Crippen molar-refractivity contribution in [3.05, 3.63) is 71.5 Å². The maximum Gasteiger partial charge on any atom is 0.216 e. The maximum absolute atomic E-state index is 11.4. The standard InChI is InChI=1S/C18H15N3O/c1-13-17(12-22)21-16-10-6-5-9-15(16)20(18(21)19-13)11-14-7-3-2-4-8-14/h2-10,12H,11H2,1H3. The first-order valence-corrected chi connectivity index (χ1v) is 7.25. The van der Waals surface area contributed by atoms with Gasteiger partial charge in [0.2, 0.25) is 5.78 Å². The molecule has 0 N–H and O–H groups in total. The summed E-state index contributed by atoms with van der Waals surface area (Å²) in [5.41, 5.74) is 4.68. The maximum atomic E-state index is 11.4. The van der Waals surface area contributed by atoms with Crippen LogP contribution in [-0.4, -0.2) is 20.2 Å². The number of aryl methyl sites for hydroxylation is 1. The Morgan fingerprint density at radius 3 is 2.41 bits per heavy atom. The Bertz CT molecular complexity index is 980. The van der Waals surface area contributed by atoms with Gasteiger partial charge in [-0.05, 0) is 24.6 Å². The minimum atomic E-state index is 0.623. The molecule has 4 aromatic rings. The molecule has 2 heterocycles. The molecule has 0 bridgehead atoms. The minimum absolute atomic E-state index is 0.623. The van der Waals surface area contributed by atoms with E-state index in [0.717, 1.165) is 35.3 Å². The molecule has 2 aromatic carbocycles. The predicted octanol–water partition coefficient (Wildman–Crippen LogP) is 3.46. The van der Waals surface area contributed by atoms with Crippen LogP contribution >= 0.6 is 0 Å². The molecule has 0 saturated heterocycles. The third-order valence-corrected chi connectivity index (χ3v) is 4.03. The molecule has 0 amide bonds. The van der Waals surface area contributed by atoms with E-state index in [-0.39, 0.29) is 0 Å². The zero-order valence-corrected chi connectivity index (χ0v) is 12.2. The lowest BCUT2D eigenvalue weighted by atomic mass is 10.2. The highest BCUT2D eigenvalue weighted by Gasteiger charge is 2.17. The first kappa shape index (κ1) is 12.8. The number of carbonyl (C=O) groups is 1. The van der Waals surface area contributed by atoms with Crippen LogP contribution in [0, 0.1) is 6.92 Å². The van der Waals surface area contributed by atoms with Crippen LogP contribution in [0.3, 0.4) is 0 Å². The molecule has 2 aromatic heterocycles. The molecule has 0 radical (unpaired) electrons. The number of fused-ring (bicyclic) bond motifs is 3. The van der Waals surface area contributed by atoms with E-state index in [9.17, 15) is 4.79 Å². The van der Waals surface area contributed by atoms with E-state index in [0.29, 0.717) is 5.69 Å². The fourth-order valence-corrected chi connectivity index (χ4v) is 2.99. The number of hydrogen-bond donors (Lipinski definition) is 0. The van der Waals surface area contributed by atoms with E-state index in [1.807, 2.05) is 47.7 Å². The summed E-state index contributed by atoms with van der Waals surface area (Å²) in [4.78, 5) is 16.1. The van der Waals surface area contributed by atoms with Gasteiger partial charge in [0.05, 0.1) is 23.3 Å². The Morgan fingerprint density at radius 1 is 1.00 bits per heavy atom. The largest absolute Gasteiger partial charge is 0.305 e. The first-order valence-electron chi connectivity index (χ1n) is 7.25. The molecule has 22 heavy (non-hydrogen) atoms. The molecular formula is C18H15N3O. The third kappa shape index (κ3) is 1.77. The van der Waals surface area contributed by atoms with Crippen molar-refractivity contribution in [1.29, 1.82) is 0 Å². The van der Waals surface area contributed by atoms with Crippen LogP contribution in [0.25, 0.3) is 16.8 Å². The molecule has 4 heteroatoms. The van der Waals surface area contributed by atoms with Gasteiger partial charge in [0.15, 0.2) is 6.29 Å². The van der Waals surface area contributed by atoms with Crippen molar-refractivity contribution in [3.63, 3.8) is 0 Å². The van der Waals surface area contributed by atoms with Crippen molar-refractivity contribution in [2.45, 2.75) is 13.5 Å². The molecular weight excluding hydrogens is 274 g/mol. The van der Waals surface area contributed by atoms with Gasteiger partial charge in [0.1, 0.15) is 5.69 Å². The van der Waals surface area contributed by atoms with Crippen molar-refractivity contribution < 1.29 is 4.79 Å². The normalized spacial score (nSPS) is 11.3. The molecule has 0 atom stereocenters. The molecule has 0 aliphatic carbocycles. The van der Waals surface area contributed by atoms with Gasteiger partial charge < -0.3 is 4.57 Å². The molecule has 0 unspecified atom stereocenters. The van der Waals surface area contributed by atoms with Crippen LogP contribution in [0.1, 0.15) is 21.7 Å². The van der Waals surface area contributed by atoms with Crippen LogP contribution in [0.15, 0.2) is 54.6 Å². The quantitative estimate of drug-likeness (QED) is 0.542. The van der Waals surface area contributed by atoms with Crippen LogP contribution < -0.4 is 0 Å². The zero-order chi connectivity index (χ0) is 15.1. The Labute approximate surface area is 127 Å². The highest BCUT2D eigenvalue weighted by Crippen LogP contribution is 2.24. The number of rotatable bonds is 3. The van der Waals surface area contributed by atoms with Crippen molar-refractivity contribution >= 4 is 23.1 Å². The summed E-state index contributed by atoms with van der Waals surface area (Å²) < 4.78 is 4.10. The number of benzene rings is 2. The number of aromatic nitrogens is 3. The van der Waals surface area contributed by atoms with Crippen LogP contribution in [0.4, 0.5) is 0 Å². The van der Waals surface area contributed by atoms with Crippen molar-refractivity contribution in [1.82, 2.24) is 14.0 Å².